The van der Waals surface area contributed by atoms with Crippen molar-refractivity contribution >= 4 is 18.0 Å². The number of hydrogen-bond acceptors (Lipinski definition) is 6. The van der Waals surface area contributed by atoms with E-state index in [1.54, 1.807) is 25.3 Å². The van der Waals surface area contributed by atoms with E-state index in [0.717, 1.165) is 0 Å². The van der Waals surface area contributed by atoms with Crippen molar-refractivity contribution in [3.05, 3.63) is 23.8 Å². The van der Waals surface area contributed by atoms with E-state index in [-0.39, 0.29) is 6.54 Å². The molecule has 0 fully saturated rings. The van der Waals surface area contributed by atoms with Gasteiger partial charge in [0.2, 0.25) is 0 Å². The fourth-order valence-electron chi connectivity index (χ4n) is 1.48. The van der Waals surface area contributed by atoms with Crippen molar-refractivity contribution in [3.8, 4) is 11.5 Å². The van der Waals surface area contributed by atoms with Crippen molar-refractivity contribution in [3.63, 3.8) is 0 Å². The van der Waals surface area contributed by atoms with Crippen LogP contribution < -0.4 is 20.2 Å². The van der Waals surface area contributed by atoms with Gasteiger partial charge in [-0.2, -0.15) is 5.10 Å². The molecule has 0 atom stereocenters. The maximum absolute atomic E-state index is 11.5. The maximum atomic E-state index is 11.5. The second-order valence-corrected chi connectivity index (χ2v) is 4.06. The van der Waals surface area contributed by atoms with Crippen LogP contribution in [0.3, 0.4) is 0 Å². The summed E-state index contributed by atoms with van der Waals surface area (Å²) in [6.07, 6.45) is 1.37. The number of hydrogen-bond donors (Lipinski definition) is 2. The molecule has 0 aliphatic heterocycles. The number of hydrazone groups is 1. The van der Waals surface area contributed by atoms with Crippen LogP contribution in [0.15, 0.2) is 23.3 Å². The Kier molecular flexibility index (Phi) is 7.41. The lowest BCUT2D eigenvalue weighted by Crippen LogP contribution is -2.39. The van der Waals surface area contributed by atoms with Crippen LogP contribution in [-0.4, -0.2) is 52.5 Å². The molecule has 1 aromatic rings. The summed E-state index contributed by atoms with van der Waals surface area (Å²) in [5, 5.41) is 6.10. The van der Waals surface area contributed by atoms with Crippen LogP contribution in [0.4, 0.5) is 0 Å². The monoisotopic (exact) mass is 309 g/mol. The minimum Gasteiger partial charge on any atom is -0.497 e. The summed E-state index contributed by atoms with van der Waals surface area (Å²) in [7, 11) is 4.55. The van der Waals surface area contributed by atoms with Crippen LogP contribution in [0.5, 0.6) is 11.5 Å². The molecule has 0 heterocycles. The molecule has 2 amide bonds. The van der Waals surface area contributed by atoms with Gasteiger partial charge in [-0.25, -0.2) is 5.43 Å². The molecule has 0 unspecified atom stereocenters. The number of amides is 2. The Morgan fingerprint density at radius 2 is 1.95 bits per heavy atom. The van der Waals surface area contributed by atoms with Crippen molar-refractivity contribution < 1.29 is 23.8 Å². The summed E-state index contributed by atoms with van der Waals surface area (Å²) in [6.45, 7) is 0.574. The molecule has 1 aromatic carbocycles. The van der Waals surface area contributed by atoms with E-state index in [4.69, 9.17) is 14.2 Å². The van der Waals surface area contributed by atoms with Crippen molar-refractivity contribution in [2.24, 2.45) is 5.10 Å². The third-order valence-electron chi connectivity index (χ3n) is 2.61. The largest absolute Gasteiger partial charge is 0.497 e. The van der Waals surface area contributed by atoms with Gasteiger partial charge in [0.25, 0.3) is 0 Å². The highest BCUT2D eigenvalue weighted by atomic mass is 16.5. The fourth-order valence-corrected chi connectivity index (χ4v) is 1.48. The van der Waals surface area contributed by atoms with Crippen molar-refractivity contribution in [1.29, 1.82) is 0 Å². The van der Waals surface area contributed by atoms with Crippen LogP contribution >= 0.6 is 0 Å². The topological polar surface area (TPSA) is 98.2 Å². The average molecular weight is 309 g/mol. The second-order valence-electron chi connectivity index (χ2n) is 4.06. The zero-order valence-electron chi connectivity index (χ0n) is 12.7. The standard InChI is InChI=1S/C14H19N3O5/c1-20-7-6-15-13(18)14(19)17-16-9-10-4-5-11(21-2)8-12(10)22-3/h4-5,8-9H,6-7H2,1-3H3,(H,15,18)(H,17,19)/b16-9-. The van der Waals surface area contributed by atoms with Gasteiger partial charge in [0.05, 0.1) is 27.0 Å². The SMILES string of the molecule is COCCNC(=O)C(=O)N/N=C\c1ccc(OC)cc1OC. The molecule has 0 bridgehead atoms. The molecular weight excluding hydrogens is 290 g/mol. The molecule has 0 aliphatic carbocycles. The third kappa shape index (κ3) is 5.41. The highest BCUT2D eigenvalue weighted by Crippen LogP contribution is 2.22. The van der Waals surface area contributed by atoms with Gasteiger partial charge in [-0.3, -0.25) is 9.59 Å². The van der Waals surface area contributed by atoms with E-state index in [0.29, 0.717) is 23.7 Å². The number of carbonyl (C=O) groups is 2. The van der Waals surface area contributed by atoms with Crippen LogP contribution in [0.25, 0.3) is 0 Å². The molecule has 0 saturated carbocycles. The number of carbonyl (C=O) groups excluding carboxylic acids is 2. The third-order valence-corrected chi connectivity index (χ3v) is 2.61. The molecule has 8 heteroatoms. The van der Waals surface area contributed by atoms with Crippen LogP contribution in [0, 0.1) is 0 Å². The maximum Gasteiger partial charge on any atom is 0.329 e. The molecule has 0 aliphatic rings. The number of methoxy groups -OCH3 is 3. The Bertz CT molecular complexity index is 545. The molecule has 1 rings (SSSR count). The number of rotatable bonds is 7. The summed E-state index contributed by atoms with van der Waals surface area (Å²) in [5.74, 6) is -0.479. The van der Waals surface area contributed by atoms with E-state index in [2.05, 4.69) is 15.8 Å². The van der Waals surface area contributed by atoms with Crippen LogP contribution in [0.2, 0.25) is 0 Å². The van der Waals surface area contributed by atoms with E-state index >= 15 is 0 Å². The van der Waals surface area contributed by atoms with Crippen molar-refractivity contribution in [2.45, 2.75) is 0 Å². The summed E-state index contributed by atoms with van der Waals surface area (Å²) in [6, 6.07) is 5.12. The van der Waals surface area contributed by atoms with Gasteiger partial charge in [0, 0.05) is 25.3 Å². The quantitative estimate of drug-likeness (QED) is 0.318. The van der Waals surface area contributed by atoms with Gasteiger partial charge >= 0.3 is 11.8 Å². The molecular formula is C14H19N3O5. The van der Waals surface area contributed by atoms with Gasteiger partial charge < -0.3 is 19.5 Å². The van der Waals surface area contributed by atoms with E-state index in [1.807, 2.05) is 0 Å². The van der Waals surface area contributed by atoms with E-state index < -0.39 is 11.8 Å². The lowest BCUT2D eigenvalue weighted by atomic mass is 10.2. The molecule has 0 aromatic heterocycles. The van der Waals surface area contributed by atoms with Gasteiger partial charge in [0.1, 0.15) is 11.5 Å². The zero-order valence-corrected chi connectivity index (χ0v) is 12.7. The molecule has 2 N–H and O–H groups in total. The molecule has 0 radical (unpaired) electrons. The lowest BCUT2D eigenvalue weighted by Gasteiger charge is -2.07. The number of benzene rings is 1. The number of ether oxygens (including phenoxy) is 3. The Hall–Kier alpha value is -2.61. The normalized spacial score (nSPS) is 10.3. The fraction of sp³-hybridized carbons (Fsp3) is 0.357. The van der Waals surface area contributed by atoms with Gasteiger partial charge in [0.15, 0.2) is 0 Å². The molecule has 0 saturated heterocycles. The van der Waals surface area contributed by atoms with E-state index in [1.165, 1.54) is 20.4 Å². The summed E-state index contributed by atoms with van der Waals surface area (Å²) in [4.78, 5) is 22.8. The van der Waals surface area contributed by atoms with Crippen molar-refractivity contribution in [2.75, 3.05) is 34.5 Å². The molecule has 8 nitrogen and oxygen atoms in total. The Labute approximate surface area is 128 Å². The first kappa shape index (κ1) is 17.4. The predicted octanol–water partition coefficient (Wildman–Crippen LogP) is -0.0835. The first-order chi connectivity index (χ1) is 10.6. The first-order valence-electron chi connectivity index (χ1n) is 6.44. The number of nitrogens with zero attached hydrogens (tertiary/aromatic N) is 1. The Morgan fingerprint density at radius 1 is 1.18 bits per heavy atom. The second kappa shape index (κ2) is 9.35. The summed E-state index contributed by atoms with van der Waals surface area (Å²) >= 11 is 0. The van der Waals surface area contributed by atoms with Gasteiger partial charge in [-0.1, -0.05) is 0 Å². The van der Waals surface area contributed by atoms with Crippen LogP contribution in [-0.2, 0) is 14.3 Å². The number of nitrogens with one attached hydrogen (secondary N) is 2. The molecule has 0 spiro atoms. The predicted molar refractivity (Wildman–Crippen MR) is 80.2 cm³/mol. The minimum atomic E-state index is -0.861. The molecule has 22 heavy (non-hydrogen) atoms. The van der Waals surface area contributed by atoms with E-state index in [9.17, 15) is 9.59 Å². The Balaban J connectivity index is 2.58. The summed E-state index contributed by atoms with van der Waals surface area (Å²) < 4.78 is 15.0. The molecule has 120 valence electrons. The van der Waals surface area contributed by atoms with Crippen LogP contribution in [0.1, 0.15) is 5.56 Å². The highest BCUT2D eigenvalue weighted by molar-refractivity contribution is 6.35. The first-order valence-corrected chi connectivity index (χ1v) is 6.44. The smallest absolute Gasteiger partial charge is 0.329 e. The van der Waals surface area contributed by atoms with Gasteiger partial charge in [-0.15, -0.1) is 0 Å². The lowest BCUT2D eigenvalue weighted by molar-refractivity contribution is -0.139. The van der Waals surface area contributed by atoms with Crippen molar-refractivity contribution in [1.82, 2.24) is 10.7 Å². The highest BCUT2D eigenvalue weighted by Gasteiger charge is 2.11. The van der Waals surface area contributed by atoms with Gasteiger partial charge in [-0.05, 0) is 12.1 Å². The average Bonchev–Trinajstić information content (AvgIpc) is 2.54. The summed E-state index contributed by atoms with van der Waals surface area (Å²) in [5.41, 5.74) is 2.76. The zero-order chi connectivity index (χ0) is 16.4. The Morgan fingerprint density at radius 3 is 2.59 bits per heavy atom. The minimum absolute atomic E-state index is 0.249.